The summed E-state index contributed by atoms with van der Waals surface area (Å²) in [4.78, 5) is 3.58. The maximum atomic E-state index is 13.5. The topological polar surface area (TPSA) is 29.3 Å². The number of halogens is 1. The maximum Gasteiger partial charge on any atom is 0.123 e. The van der Waals surface area contributed by atoms with Crippen molar-refractivity contribution >= 4 is 17.0 Å². The minimum Gasteiger partial charge on any atom is -0.366 e. The molecule has 2 N–H and O–H groups in total. The molecule has 1 aromatic carbocycles. The van der Waals surface area contributed by atoms with Gasteiger partial charge in [-0.25, -0.2) is 4.39 Å². The number of hydrogen-bond acceptors (Lipinski definition) is 3. The molecule has 108 valence electrons. The highest BCUT2D eigenvalue weighted by molar-refractivity contribution is 7.09. The van der Waals surface area contributed by atoms with Crippen molar-refractivity contribution in [3.63, 3.8) is 0 Å². The summed E-state index contributed by atoms with van der Waals surface area (Å²) >= 11 is 1.74. The van der Waals surface area contributed by atoms with Crippen LogP contribution in [-0.4, -0.2) is 12.6 Å². The van der Waals surface area contributed by atoms with Crippen LogP contribution in [0.5, 0.6) is 0 Å². The third-order valence-electron chi connectivity index (χ3n) is 3.23. The van der Waals surface area contributed by atoms with Gasteiger partial charge in [-0.2, -0.15) is 0 Å². The van der Waals surface area contributed by atoms with Gasteiger partial charge in [0.25, 0.3) is 0 Å². The first-order valence-corrected chi connectivity index (χ1v) is 7.79. The van der Waals surface area contributed by atoms with Crippen LogP contribution in [0, 0.1) is 5.82 Å². The fourth-order valence-electron chi connectivity index (χ4n) is 2.33. The Hall–Kier alpha value is -1.39. The lowest BCUT2D eigenvalue weighted by Crippen LogP contribution is -2.25. The summed E-state index contributed by atoms with van der Waals surface area (Å²) in [5.74, 6) is -0.198. The summed E-state index contributed by atoms with van der Waals surface area (Å²) in [5.41, 5.74) is 7.95. The molecule has 0 bridgehead atoms. The molecule has 0 amide bonds. The summed E-state index contributed by atoms with van der Waals surface area (Å²) in [5, 5.41) is 2.08. The van der Waals surface area contributed by atoms with Crippen molar-refractivity contribution in [2.75, 3.05) is 11.4 Å². The average molecular weight is 292 g/mol. The van der Waals surface area contributed by atoms with Gasteiger partial charge in [0.1, 0.15) is 5.82 Å². The number of anilines is 1. The van der Waals surface area contributed by atoms with Gasteiger partial charge in [0.2, 0.25) is 0 Å². The van der Waals surface area contributed by atoms with Crippen molar-refractivity contribution < 1.29 is 4.39 Å². The first-order chi connectivity index (χ1) is 9.60. The van der Waals surface area contributed by atoms with E-state index in [1.54, 1.807) is 17.4 Å². The van der Waals surface area contributed by atoms with E-state index in [0.717, 1.165) is 24.3 Å². The third kappa shape index (κ3) is 3.81. The Bertz CT molecular complexity index is 537. The summed E-state index contributed by atoms with van der Waals surface area (Å²) in [7, 11) is 0. The Balaban J connectivity index is 2.28. The van der Waals surface area contributed by atoms with Crippen LogP contribution in [0.1, 0.15) is 24.3 Å². The van der Waals surface area contributed by atoms with E-state index in [-0.39, 0.29) is 11.9 Å². The standard InChI is InChI=1S/C16H21FN2S/c1-3-19(11-15-5-4-8-20-15)16-7-6-14(17)10-13(16)9-12(2)18/h4-8,10,12H,3,9,11,18H2,1-2H3. The highest BCUT2D eigenvalue weighted by Crippen LogP contribution is 2.25. The van der Waals surface area contributed by atoms with Crippen molar-refractivity contribution in [1.82, 2.24) is 0 Å². The van der Waals surface area contributed by atoms with Crippen molar-refractivity contribution in [3.05, 3.63) is 52.0 Å². The summed E-state index contributed by atoms with van der Waals surface area (Å²) < 4.78 is 13.5. The molecule has 1 atom stereocenters. The van der Waals surface area contributed by atoms with Gasteiger partial charge in [0.15, 0.2) is 0 Å². The number of thiophene rings is 1. The Labute approximate surface area is 124 Å². The van der Waals surface area contributed by atoms with Gasteiger partial charge in [-0.3, -0.25) is 0 Å². The van der Waals surface area contributed by atoms with E-state index in [1.807, 2.05) is 13.0 Å². The van der Waals surface area contributed by atoms with Gasteiger partial charge in [-0.15, -0.1) is 11.3 Å². The molecule has 1 aromatic heterocycles. The number of nitrogens with zero attached hydrogens (tertiary/aromatic N) is 1. The summed E-state index contributed by atoms with van der Waals surface area (Å²) in [6.45, 7) is 5.80. The predicted octanol–water partition coefficient (Wildman–Crippen LogP) is 3.80. The van der Waals surface area contributed by atoms with E-state index in [2.05, 4.69) is 29.3 Å². The van der Waals surface area contributed by atoms with Gasteiger partial charge in [-0.05, 0) is 55.5 Å². The smallest absolute Gasteiger partial charge is 0.123 e. The normalized spacial score (nSPS) is 12.4. The lowest BCUT2D eigenvalue weighted by atomic mass is 10.0. The Kier molecular flexibility index (Phi) is 5.15. The number of benzene rings is 1. The molecule has 20 heavy (non-hydrogen) atoms. The van der Waals surface area contributed by atoms with Gasteiger partial charge in [0.05, 0.1) is 6.54 Å². The zero-order valence-electron chi connectivity index (χ0n) is 12.0. The molecule has 0 saturated carbocycles. The van der Waals surface area contributed by atoms with Crippen LogP contribution in [0.3, 0.4) is 0 Å². The first-order valence-electron chi connectivity index (χ1n) is 6.91. The highest BCUT2D eigenvalue weighted by Gasteiger charge is 2.13. The Morgan fingerprint density at radius 1 is 1.35 bits per heavy atom. The minimum atomic E-state index is -0.198. The molecule has 0 fully saturated rings. The van der Waals surface area contributed by atoms with Crippen LogP contribution in [0.25, 0.3) is 0 Å². The van der Waals surface area contributed by atoms with Crippen molar-refractivity contribution in [3.8, 4) is 0 Å². The molecular formula is C16H21FN2S. The van der Waals surface area contributed by atoms with E-state index in [0.29, 0.717) is 6.42 Å². The molecule has 0 aliphatic heterocycles. The van der Waals surface area contributed by atoms with Gasteiger partial charge in [0, 0.05) is 23.2 Å². The van der Waals surface area contributed by atoms with E-state index in [9.17, 15) is 4.39 Å². The monoisotopic (exact) mass is 292 g/mol. The van der Waals surface area contributed by atoms with Gasteiger partial charge >= 0.3 is 0 Å². The fourth-order valence-corrected chi connectivity index (χ4v) is 3.05. The van der Waals surface area contributed by atoms with Gasteiger partial charge in [-0.1, -0.05) is 6.07 Å². The second-order valence-electron chi connectivity index (χ2n) is 5.05. The molecule has 0 aliphatic carbocycles. The zero-order valence-corrected chi connectivity index (χ0v) is 12.8. The lowest BCUT2D eigenvalue weighted by Gasteiger charge is -2.26. The SMILES string of the molecule is CCN(Cc1cccs1)c1ccc(F)cc1CC(C)N. The molecule has 1 heterocycles. The number of hydrogen-bond donors (Lipinski definition) is 1. The van der Waals surface area contributed by atoms with Crippen LogP contribution in [-0.2, 0) is 13.0 Å². The zero-order chi connectivity index (χ0) is 14.5. The van der Waals surface area contributed by atoms with Crippen molar-refractivity contribution in [2.45, 2.75) is 32.9 Å². The average Bonchev–Trinajstić information content (AvgIpc) is 2.89. The molecule has 0 spiro atoms. The largest absolute Gasteiger partial charge is 0.366 e. The van der Waals surface area contributed by atoms with Crippen LogP contribution in [0.2, 0.25) is 0 Å². The van der Waals surface area contributed by atoms with Crippen LogP contribution in [0.15, 0.2) is 35.7 Å². The van der Waals surface area contributed by atoms with E-state index in [1.165, 1.54) is 10.9 Å². The van der Waals surface area contributed by atoms with Gasteiger partial charge < -0.3 is 10.6 Å². The molecule has 2 rings (SSSR count). The molecule has 0 saturated heterocycles. The summed E-state index contributed by atoms with van der Waals surface area (Å²) in [6, 6.07) is 9.21. The van der Waals surface area contributed by atoms with E-state index < -0.39 is 0 Å². The van der Waals surface area contributed by atoms with Crippen LogP contribution >= 0.6 is 11.3 Å². The molecule has 0 aliphatic rings. The van der Waals surface area contributed by atoms with E-state index in [4.69, 9.17) is 5.73 Å². The molecule has 0 radical (unpaired) electrons. The Morgan fingerprint density at radius 3 is 2.75 bits per heavy atom. The number of nitrogens with two attached hydrogens (primary N) is 1. The number of rotatable bonds is 6. The first kappa shape index (κ1) is 15.0. The van der Waals surface area contributed by atoms with Crippen LogP contribution in [0.4, 0.5) is 10.1 Å². The third-order valence-corrected chi connectivity index (χ3v) is 4.09. The minimum absolute atomic E-state index is 0.0241. The lowest BCUT2D eigenvalue weighted by molar-refractivity contribution is 0.622. The fraction of sp³-hybridized carbons (Fsp3) is 0.375. The van der Waals surface area contributed by atoms with Crippen LogP contribution < -0.4 is 10.6 Å². The molecule has 1 unspecified atom stereocenters. The molecular weight excluding hydrogens is 271 g/mol. The predicted molar refractivity (Wildman–Crippen MR) is 84.8 cm³/mol. The highest BCUT2D eigenvalue weighted by atomic mass is 32.1. The quantitative estimate of drug-likeness (QED) is 0.877. The maximum absolute atomic E-state index is 13.5. The van der Waals surface area contributed by atoms with Crippen molar-refractivity contribution in [1.29, 1.82) is 0 Å². The second-order valence-corrected chi connectivity index (χ2v) is 6.08. The van der Waals surface area contributed by atoms with Crippen molar-refractivity contribution in [2.24, 2.45) is 5.73 Å². The summed E-state index contributed by atoms with van der Waals surface area (Å²) in [6.07, 6.45) is 0.689. The Morgan fingerprint density at radius 2 is 2.15 bits per heavy atom. The second kappa shape index (κ2) is 6.86. The molecule has 4 heteroatoms. The molecule has 2 nitrogen and oxygen atoms in total. The molecule has 2 aromatic rings. The van der Waals surface area contributed by atoms with E-state index >= 15 is 0 Å².